The molecule has 35 heteroatoms. The summed E-state index contributed by atoms with van der Waals surface area (Å²) in [7, 11) is 2.34. The standard InChI is InChI=1S/C44H74O35/c1-64-36-35-16(9-51)72-44(37(36)65-2)78-34-15(8-50)70-42(27(62)22(34)57)76-32-13(6-48)68-40(25(60)20(32)55)74-30-11(4-46)66-38(23(58)18(30)53)73-29-10(3-45)67-39(24(59)17(29)52)75-31-12(5-47)69-41(26(61)19(31)54)77-33-14(7-49)71-43(79-35)28(63)21(33)56/h10-63H,3-9H2,1-2H3/t10-,11-,12-,13-,14-,15-,16-,17-,18-,19-,20-,21-,22-,23-,24-,25-,26-,27-,28-,29-,30-,31-,32-,33-,34-,35-,36+,37-,38-,39-,40-,41-,42-,43-,44-/m1/s1. The third-order valence-electron chi connectivity index (χ3n) is 15.3. The maximum absolute atomic E-state index is 11.5. The van der Waals surface area contributed by atoms with Crippen molar-refractivity contribution in [1.82, 2.24) is 0 Å². The molecule has 0 unspecified atom stereocenters. The molecule has 0 saturated carbocycles. The molecule has 21 fully saturated rings. The lowest BCUT2D eigenvalue weighted by Gasteiger charge is -2.50. The van der Waals surface area contributed by atoms with E-state index >= 15 is 0 Å². The largest absolute Gasteiger partial charge is 0.394 e. The molecule has 0 aliphatic carbocycles. The lowest BCUT2D eigenvalue weighted by atomic mass is 9.95. The van der Waals surface area contributed by atoms with Gasteiger partial charge < -0.3 is 173 Å². The highest BCUT2D eigenvalue weighted by Crippen LogP contribution is 2.39. The molecule has 79 heavy (non-hydrogen) atoms. The van der Waals surface area contributed by atoms with Gasteiger partial charge in [-0.3, -0.25) is 0 Å². The molecule has 460 valence electrons. The van der Waals surface area contributed by atoms with Crippen LogP contribution in [-0.4, -0.2) is 372 Å². The minimum atomic E-state index is -2.19. The van der Waals surface area contributed by atoms with Crippen molar-refractivity contribution < 1.29 is 173 Å². The molecule has 0 amide bonds. The summed E-state index contributed by atoms with van der Waals surface area (Å²) >= 11 is 0. The number of hydrogen-bond acceptors (Lipinski definition) is 35. The van der Waals surface area contributed by atoms with Crippen LogP contribution in [0.1, 0.15) is 0 Å². The van der Waals surface area contributed by atoms with Gasteiger partial charge in [-0.05, 0) is 0 Å². The highest BCUT2D eigenvalue weighted by atomic mass is 16.8. The van der Waals surface area contributed by atoms with E-state index in [0.717, 1.165) is 7.11 Å². The van der Waals surface area contributed by atoms with E-state index in [1.165, 1.54) is 7.11 Å². The average Bonchev–Trinajstić information content (AvgIpc) is 3.52. The number of rotatable bonds is 9. The Labute approximate surface area is 447 Å². The zero-order valence-corrected chi connectivity index (χ0v) is 42.2. The summed E-state index contributed by atoms with van der Waals surface area (Å²) < 4.78 is 92.6. The van der Waals surface area contributed by atoms with Gasteiger partial charge in [0, 0.05) is 14.2 Å². The molecule has 0 radical (unpaired) electrons. The van der Waals surface area contributed by atoms with Gasteiger partial charge in [0.25, 0.3) is 0 Å². The first-order chi connectivity index (χ1) is 37.7. The lowest BCUT2D eigenvalue weighted by molar-refractivity contribution is -0.398. The van der Waals surface area contributed by atoms with Crippen molar-refractivity contribution in [3.63, 3.8) is 0 Å². The SMILES string of the molecule is CO[C@@H]1[C@@H](OC)[C@H]2O[C@H]3[C@H](O)[C@@H](O)[C@@H](O[C@H]4[C@H](O)[C@@H](O)[C@@H](O[C@H]5[C@H](O)[C@@H](O)[C@@H](O[C@H]6[C@H](O)[C@@H](O)[C@@H](O[C@H]7[C@H](O)[C@@H](O)[C@@H](O[C@H]8[C@H](O)[C@@H](O)[C@@H](O[C@@H]1[C@@H](CO)O2)O[C@@H]8CO)O[C@@H]7CO)O[C@@H]6CO)O[C@@H]5CO)O[C@@H]4CO)O[C@@H]3CO. The topological polar surface area (TPSA) is 532 Å². The van der Waals surface area contributed by atoms with E-state index in [4.69, 9.17) is 75.8 Å². The van der Waals surface area contributed by atoms with Gasteiger partial charge in [-0.1, -0.05) is 0 Å². The Morgan fingerprint density at radius 1 is 0.215 bits per heavy atom. The lowest BCUT2D eigenvalue weighted by Crippen LogP contribution is -2.68. The Hall–Kier alpha value is -1.40. The smallest absolute Gasteiger partial charge is 0.187 e. The van der Waals surface area contributed by atoms with Gasteiger partial charge in [0.1, 0.15) is 171 Å². The third kappa shape index (κ3) is 12.5. The predicted molar refractivity (Wildman–Crippen MR) is 238 cm³/mol. The Morgan fingerprint density at radius 2 is 0.380 bits per heavy atom. The van der Waals surface area contributed by atoms with E-state index < -0.39 is 261 Å². The van der Waals surface area contributed by atoms with E-state index in [9.17, 15) is 97.0 Å². The number of aliphatic hydroxyl groups excluding tert-OH is 19. The maximum atomic E-state index is 11.5. The third-order valence-corrected chi connectivity index (χ3v) is 15.3. The fraction of sp³-hybridized carbons (Fsp3) is 1.00. The Bertz CT molecular complexity index is 1860. The first-order valence-electron chi connectivity index (χ1n) is 25.4. The molecular formula is C44H74O35. The maximum Gasteiger partial charge on any atom is 0.187 e. The Kier molecular flexibility index (Phi) is 22.0. The first kappa shape index (κ1) is 63.6. The molecule has 0 aromatic carbocycles. The molecule has 35 nitrogen and oxygen atoms in total. The second-order valence-electron chi connectivity index (χ2n) is 20.1. The summed E-state index contributed by atoms with van der Waals surface area (Å²) in [6.45, 7) is -6.97. The molecule has 21 aliphatic rings. The van der Waals surface area contributed by atoms with Crippen LogP contribution in [0.2, 0.25) is 0 Å². The van der Waals surface area contributed by atoms with Crippen LogP contribution < -0.4 is 0 Å². The van der Waals surface area contributed by atoms with E-state index in [-0.39, 0.29) is 0 Å². The van der Waals surface area contributed by atoms with Gasteiger partial charge in [-0.2, -0.15) is 0 Å². The minimum Gasteiger partial charge on any atom is -0.394 e. The van der Waals surface area contributed by atoms with E-state index in [1.54, 1.807) is 0 Å². The summed E-state index contributed by atoms with van der Waals surface area (Å²) in [6.07, 6.45) is -66.4. The fourth-order valence-electron chi connectivity index (χ4n) is 10.9. The molecule has 19 N–H and O–H groups in total. The fourth-order valence-corrected chi connectivity index (χ4v) is 10.9. The monoisotopic (exact) mass is 1160 g/mol. The molecule has 21 rings (SSSR count). The van der Waals surface area contributed by atoms with E-state index in [2.05, 4.69) is 0 Å². The minimum absolute atomic E-state index is 0.901. The number of methoxy groups -OCH3 is 2. The van der Waals surface area contributed by atoms with Crippen LogP contribution in [0, 0.1) is 0 Å². The molecule has 21 saturated heterocycles. The van der Waals surface area contributed by atoms with Crippen LogP contribution >= 0.6 is 0 Å². The summed E-state index contributed by atoms with van der Waals surface area (Å²) in [4.78, 5) is 0. The van der Waals surface area contributed by atoms with Gasteiger partial charge in [0.2, 0.25) is 0 Å². The van der Waals surface area contributed by atoms with Crippen LogP contribution in [0.5, 0.6) is 0 Å². The van der Waals surface area contributed by atoms with Gasteiger partial charge in [0.05, 0.1) is 46.2 Å². The van der Waals surface area contributed by atoms with Crippen molar-refractivity contribution >= 4 is 0 Å². The number of aliphatic hydroxyl groups is 19. The van der Waals surface area contributed by atoms with Gasteiger partial charge in [-0.25, -0.2) is 0 Å². The Morgan fingerprint density at radius 3 is 0.570 bits per heavy atom. The van der Waals surface area contributed by atoms with Gasteiger partial charge >= 0.3 is 0 Å². The number of hydrogen-bond donors (Lipinski definition) is 19. The zero-order chi connectivity index (χ0) is 57.5. The summed E-state index contributed by atoms with van der Waals surface area (Å²) in [6, 6.07) is 0. The van der Waals surface area contributed by atoms with Gasteiger partial charge in [-0.15, -0.1) is 0 Å². The molecule has 35 atom stereocenters. The molecule has 21 aliphatic heterocycles. The van der Waals surface area contributed by atoms with Crippen molar-refractivity contribution in [2.45, 2.75) is 215 Å². The second-order valence-corrected chi connectivity index (χ2v) is 20.1. The zero-order valence-electron chi connectivity index (χ0n) is 42.2. The molecule has 0 aromatic rings. The van der Waals surface area contributed by atoms with Crippen molar-refractivity contribution in [2.24, 2.45) is 0 Å². The molecule has 14 bridgehead atoms. The molecular weight excluding hydrogens is 1090 g/mol. The normalized spacial score (nSPS) is 54.3. The second kappa shape index (κ2) is 27.3. The van der Waals surface area contributed by atoms with Gasteiger partial charge in [0.15, 0.2) is 44.0 Å². The Balaban J connectivity index is 1.09. The number of ether oxygens (including phenoxy) is 16. The average molecular weight is 1160 g/mol. The first-order valence-corrected chi connectivity index (χ1v) is 25.4. The van der Waals surface area contributed by atoms with Crippen LogP contribution in [0.3, 0.4) is 0 Å². The van der Waals surface area contributed by atoms with Crippen LogP contribution in [0.25, 0.3) is 0 Å². The summed E-state index contributed by atoms with van der Waals surface area (Å²) in [5.74, 6) is 0. The van der Waals surface area contributed by atoms with E-state index in [0.29, 0.717) is 0 Å². The quantitative estimate of drug-likeness (QED) is 0.102. The van der Waals surface area contributed by atoms with Crippen molar-refractivity contribution in [1.29, 1.82) is 0 Å². The summed E-state index contributed by atoms with van der Waals surface area (Å²) in [5.41, 5.74) is 0. The van der Waals surface area contributed by atoms with Crippen LogP contribution in [0.15, 0.2) is 0 Å². The van der Waals surface area contributed by atoms with Crippen LogP contribution in [-0.2, 0) is 75.8 Å². The van der Waals surface area contributed by atoms with E-state index in [1.807, 2.05) is 0 Å². The molecule has 21 heterocycles. The van der Waals surface area contributed by atoms with Crippen molar-refractivity contribution in [3.05, 3.63) is 0 Å². The predicted octanol–water partition coefficient (Wildman–Crippen LogP) is -13.9. The summed E-state index contributed by atoms with van der Waals surface area (Å²) in [5, 5.41) is 210. The van der Waals surface area contributed by atoms with Crippen LogP contribution in [0.4, 0.5) is 0 Å². The van der Waals surface area contributed by atoms with Crippen molar-refractivity contribution in [3.8, 4) is 0 Å². The highest BCUT2D eigenvalue weighted by Gasteiger charge is 2.60. The highest BCUT2D eigenvalue weighted by molar-refractivity contribution is 5.02. The molecule has 0 spiro atoms. The molecule has 0 aromatic heterocycles. The van der Waals surface area contributed by atoms with Crippen molar-refractivity contribution in [2.75, 3.05) is 60.5 Å².